The lowest BCUT2D eigenvalue weighted by Crippen LogP contribution is -2.47. The average Bonchev–Trinajstić information content (AvgIpc) is 2.69. The number of nitrogens with zero attached hydrogens (tertiary/aromatic N) is 3. The van der Waals surface area contributed by atoms with Crippen molar-refractivity contribution in [1.29, 1.82) is 5.26 Å². The maximum atomic E-state index is 12.5. The Morgan fingerprint density at radius 3 is 2.63 bits per heavy atom. The van der Waals surface area contributed by atoms with Gasteiger partial charge < -0.3 is 19.9 Å². The molecule has 27 heavy (non-hydrogen) atoms. The molecule has 7 heteroatoms. The van der Waals surface area contributed by atoms with Crippen LogP contribution < -0.4 is 5.32 Å². The first-order valence-electron chi connectivity index (χ1n) is 9.17. The summed E-state index contributed by atoms with van der Waals surface area (Å²) >= 11 is 0. The van der Waals surface area contributed by atoms with E-state index in [9.17, 15) is 14.9 Å². The lowest BCUT2D eigenvalue weighted by Gasteiger charge is -2.32. The van der Waals surface area contributed by atoms with Crippen LogP contribution in [0, 0.1) is 11.3 Å². The van der Waals surface area contributed by atoms with Crippen molar-refractivity contribution in [3.63, 3.8) is 0 Å². The number of benzene rings is 1. The highest BCUT2D eigenvalue weighted by molar-refractivity contribution is 5.99. The van der Waals surface area contributed by atoms with Crippen molar-refractivity contribution in [1.82, 2.24) is 9.80 Å². The molecule has 1 aliphatic rings. The largest absolute Gasteiger partial charge is 0.462 e. The van der Waals surface area contributed by atoms with Gasteiger partial charge in [-0.1, -0.05) is 25.5 Å². The van der Waals surface area contributed by atoms with Crippen LogP contribution in [0.15, 0.2) is 36.0 Å². The molecule has 1 aliphatic heterocycles. The number of para-hydroxylation sites is 1. The van der Waals surface area contributed by atoms with Gasteiger partial charge in [-0.05, 0) is 25.6 Å². The van der Waals surface area contributed by atoms with Gasteiger partial charge in [0.15, 0.2) is 0 Å². The number of anilines is 1. The topological polar surface area (TPSA) is 85.7 Å². The predicted octanol–water partition coefficient (Wildman–Crippen LogP) is 2.24. The summed E-state index contributed by atoms with van der Waals surface area (Å²) in [6.45, 7) is 5.14. The average molecular weight is 370 g/mol. The monoisotopic (exact) mass is 370 g/mol. The van der Waals surface area contributed by atoms with E-state index in [1.165, 1.54) is 6.20 Å². The van der Waals surface area contributed by atoms with E-state index in [1.54, 1.807) is 29.2 Å². The van der Waals surface area contributed by atoms with Crippen LogP contribution in [0.2, 0.25) is 0 Å². The molecule has 1 amide bonds. The van der Waals surface area contributed by atoms with Gasteiger partial charge in [0.25, 0.3) is 5.91 Å². The Kier molecular flexibility index (Phi) is 7.83. The predicted molar refractivity (Wildman–Crippen MR) is 103 cm³/mol. The van der Waals surface area contributed by atoms with Gasteiger partial charge in [-0.2, -0.15) is 5.26 Å². The summed E-state index contributed by atoms with van der Waals surface area (Å²) in [5, 5.41) is 12.3. The molecule has 0 saturated carbocycles. The molecule has 7 nitrogen and oxygen atoms in total. The van der Waals surface area contributed by atoms with E-state index in [4.69, 9.17) is 4.74 Å². The number of carbonyl (C=O) groups excluding carboxylic acids is 2. The van der Waals surface area contributed by atoms with Gasteiger partial charge in [-0.25, -0.2) is 4.79 Å². The summed E-state index contributed by atoms with van der Waals surface area (Å²) in [6.07, 6.45) is 3.11. The summed E-state index contributed by atoms with van der Waals surface area (Å²) in [7, 11) is 2.00. The molecule has 1 saturated heterocycles. The van der Waals surface area contributed by atoms with E-state index >= 15 is 0 Å². The van der Waals surface area contributed by atoms with Gasteiger partial charge in [0.05, 0.1) is 17.9 Å². The molecule has 2 rings (SSSR count). The minimum absolute atomic E-state index is 0.00806. The normalized spacial score (nSPS) is 15.1. The number of unbranched alkanes of at least 4 members (excludes halogenated alkanes) is 1. The quantitative estimate of drug-likeness (QED) is 0.343. The molecular formula is C20H26N4O3. The minimum atomic E-state index is -0.427. The SMILES string of the molecule is CCCCOC(=O)c1ccccc1N/C=C(/C#N)C(=O)N1CCN(C)CC1. The van der Waals surface area contributed by atoms with E-state index in [1.807, 2.05) is 20.0 Å². The first-order chi connectivity index (χ1) is 13.1. The van der Waals surface area contributed by atoms with Gasteiger partial charge in [0.1, 0.15) is 11.6 Å². The van der Waals surface area contributed by atoms with E-state index in [2.05, 4.69) is 10.2 Å². The molecule has 0 aliphatic carbocycles. The zero-order chi connectivity index (χ0) is 19.6. The zero-order valence-corrected chi connectivity index (χ0v) is 15.9. The molecule has 0 spiro atoms. The van der Waals surface area contributed by atoms with Gasteiger partial charge in [0.2, 0.25) is 0 Å². The van der Waals surface area contributed by atoms with E-state index in [0.29, 0.717) is 30.9 Å². The Labute approximate surface area is 160 Å². The van der Waals surface area contributed by atoms with Crippen LogP contribution in [0.3, 0.4) is 0 Å². The van der Waals surface area contributed by atoms with Crippen molar-refractivity contribution in [2.24, 2.45) is 0 Å². The van der Waals surface area contributed by atoms with Crippen molar-refractivity contribution in [2.45, 2.75) is 19.8 Å². The third kappa shape index (κ3) is 5.83. The van der Waals surface area contributed by atoms with Crippen LogP contribution >= 0.6 is 0 Å². The lowest BCUT2D eigenvalue weighted by molar-refractivity contribution is -0.128. The van der Waals surface area contributed by atoms with Crippen LogP contribution in [0.4, 0.5) is 5.69 Å². The second-order valence-corrected chi connectivity index (χ2v) is 6.44. The molecule has 0 bridgehead atoms. The van der Waals surface area contributed by atoms with Crippen molar-refractivity contribution < 1.29 is 14.3 Å². The van der Waals surface area contributed by atoms with E-state index < -0.39 is 5.97 Å². The van der Waals surface area contributed by atoms with Crippen LogP contribution in [0.1, 0.15) is 30.1 Å². The summed E-state index contributed by atoms with van der Waals surface area (Å²) < 4.78 is 5.25. The maximum Gasteiger partial charge on any atom is 0.340 e. The fourth-order valence-electron chi connectivity index (χ4n) is 2.65. The molecule has 0 radical (unpaired) electrons. The Hall–Kier alpha value is -2.85. The van der Waals surface area contributed by atoms with E-state index in [-0.39, 0.29) is 11.5 Å². The molecule has 0 unspecified atom stereocenters. The van der Waals surface area contributed by atoms with Gasteiger partial charge in [0, 0.05) is 32.4 Å². The third-order valence-electron chi connectivity index (χ3n) is 4.39. The number of nitrogens with one attached hydrogen (secondary N) is 1. The van der Waals surface area contributed by atoms with Crippen LogP contribution in [0.25, 0.3) is 0 Å². The number of esters is 1. The number of piperazine rings is 1. The Morgan fingerprint density at radius 1 is 1.26 bits per heavy atom. The minimum Gasteiger partial charge on any atom is -0.462 e. The fraction of sp³-hybridized carbons (Fsp3) is 0.450. The first-order valence-corrected chi connectivity index (χ1v) is 9.17. The first kappa shape index (κ1) is 20.5. The molecule has 1 aromatic carbocycles. The van der Waals surface area contributed by atoms with Gasteiger partial charge >= 0.3 is 5.97 Å². The van der Waals surface area contributed by atoms with Crippen molar-refractivity contribution in [3.05, 3.63) is 41.6 Å². The van der Waals surface area contributed by atoms with Gasteiger partial charge in [-0.3, -0.25) is 4.79 Å². The number of hydrogen-bond acceptors (Lipinski definition) is 6. The van der Waals surface area contributed by atoms with Crippen LogP contribution in [-0.4, -0.2) is 61.5 Å². The summed E-state index contributed by atoms with van der Waals surface area (Å²) in [5.41, 5.74) is 0.876. The smallest absolute Gasteiger partial charge is 0.340 e. The fourth-order valence-corrected chi connectivity index (χ4v) is 2.65. The third-order valence-corrected chi connectivity index (χ3v) is 4.39. The Balaban J connectivity index is 2.08. The highest BCUT2D eigenvalue weighted by Gasteiger charge is 2.22. The number of hydrogen-bond donors (Lipinski definition) is 1. The maximum absolute atomic E-state index is 12.5. The number of rotatable bonds is 7. The molecule has 1 fully saturated rings. The Morgan fingerprint density at radius 2 is 1.96 bits per heavy atom. The molecule has 144 valence electrons. The Bertz CT molecular complexity index is 731. The molecule has 0 atom stereocenters. The number of ether oxygens (including phenoxy) is 1. The highest BCUT2D eigenvalue weighted by atomic mass is 16.5. The van der Waals surface area contributed by atoms with Crippen molar-refractivity contribution >= 4 is 17.6 Å². The summed E-state index contributed by atoms with van der Waals surface area (Å²) in [5.74, 6) is -0.732. The number of likely N-dealkylation sites (N-methyl/N-ethyl adjacent to an activating group) is 1. The van der Waals surface area contributed by atoms with Crippen molar-refractivity contribution in [3.8, 4) is 6.07 Å². The second kappa shape index (κ2) is 10.3. The van der Waals surface area contributed by atoms with Crippen LogP contribution in [-0.2, 0) is 9.53 Å². The standard InChI is InChI=1S/C20H26N4O3/c1-3-4-13-27-20(26)17-7-5-6-8-18(17)22-15-16(14-21)19(25)24-11-9-23(2)10-12-24/h5-8,15,22H,3-4,9-13H2,1-2H3/b16-15-. The van der Waals surface area contributed by atoms with E-state index in [0.717, 1.165) is 25.9 Å². The molecule has 1 N–H and O–H groups in total. The number of amides is 1. The second-order valence-electron chi connectivity index (χ2n) is 6.44. The summed E-state index contributed by atoms with van der Waals surface area (Å²) in [6, 6.07) is 8.82. The summed E-state index contributed by atoms with van der Waals surface area (Å²) in [4.78, 5) is 28.6. The highest BCUT2D eigenvalue weighted by Crippen LogP contribution is 2.17. The molecule has 0 aromatic heterocycles. The van der Waals surface area contributed by atoms with Crippen LogP contribution in [0.5, 0.6) is 0 Å². The van der Waals surface area contributed by atoms with Crippen molar-refractivity contribution in [2.75, 3.05) is 45.2 Å². The number of nitriles is 1. The van der Waals surface area contributed by atoms with Gasteiger partial charge in [-0.15, -0.1) is 0 Å². The number of carbonyl (C=O) groups is 2. The molecule has 1 aromatic rings. The lowest BCUT2D eigenvalue weighted by atomic mass is 10.1. The zero-order valence-electron chi connectivity index (χ0n) is 15.9. The molecule has 1 heterocycles. The molecular weight excluding hydrogens is 344 g/mol.